The van der Waals surface area contributed by atoms with Crippen molar-refractivity contribution in [3.8, 4) is 0 Å². The number of nitrogens with two attached hydrogens (primary N) is 2. The fourth-order valence-electron chi connectivity index (χ4n) is 3.79. The minimum absolute atomic E-state index is 0.0710. The molecule has 1 aromatic carbocycles. The highest BCUT2D eigenvalue weighted by molar-refractivity contribution is 5.93. The number of benzene rings is 1. The fraction of sp³-hybridized carbons (Fsp3) is 0.368. The van der Waals surface area contributed by atoms with E-state index in [0.29, 0.717) is 0 Å². The minimum Gasteiger partial charge on any atom is -0.394 e. The zero-order valence-corrected chi connectivity index (χ0v) is 15.9. The second-order valence-electron chi connectivity index (χ2n) is 7.18. The van der Waals surface area contributed by atoms with Crippen LogP contribution in [0, 0.1) is 0 Å². The lowest BCUT2D eigenvalue weighted by atomic mass is 9.91. The van der Waals surface area contributed by atoms with Gasteiger partial charge >= 0.3 is 0 Å². The van der Waals surface area contributed by atoms with Crippen LogP contribution in [0.2, 0.25) is 0 Å². The first kappa shape index (κ1) is 20.3. The molecule has 0 radical (unpaired) electrons. The van der Waals surface area contributed by atoms with Gasteiger partial charge in [0.05, 0.1) is 12.6 Å². The Morgan fingerprint density at radius 2 is 1.97 bits per heavy atom. The molecule has 0 bridgehead atoms. The molecule has 0 saturated carbocycles. The van der Waals surface area contributed by atoms with Crippen LogP contribution in [-0.4, -0.2) is 71.6 Å². The highest BCUT2D eigenvalue weighted by atomic mass is 16.6. The van der Waals surface area contributed by atoms with Crippen LogP contribution in [0.15, 0.2) is 43.0 Å². The molecule has 1 unspecified atom stereocenters. The van der Waals surface area contributed by atoms with Crippen LogP contribution in [0.25, 0.3) is 11.2 Å². The quantitative estimate of drug-likeness (QED) is 0.312. The maximum absolute atomic E-state index is 13.6. The number of Topliss-reactive ketones (excluding diaryl/α,β-unsaturated/α-hetero) is 1. The predicted molar refractivity (Wildman–Crippen MR) is 105 cm³/mol. The lowest BCUT2D eigenvalue weighted by Crippen LogP contribution is -2.57. The zero-order chi connectivity index (χ0) is 21.5. The third-order valence-electron chi connectivity index (χ3n) is 5.32. The molecular formula is C19H22N6O5. The van der Waals surface area contributed by atoms with E-state index in [1.807, 2.05) is 30.3 Å². The van der Waals surface area contributed by atoms with Gasteiger partial charge in [-0.25, -0.2) is 15.0 Å². The van der Waals surface area contributed by atoms with Gasteiger partial charge in [-0.15, -0.1) is 0 Å². The Hall–Kier alpha value is -2.96. The molecule has 0 aliphatic carbocycles. The summed E-state index contributed by atoms with van der Waals surface area (Å²) in [5, 5.41) is 30.9. The Morgan fingerprint density at radius 1 is 1.23 bits per heavy atom. The molecule has 7 N–H and O–H groups in total. The Bertz CT molecular complexity index is 1060. The van der Waals surface area contributed by atoms with E-state index >= 15 is 0 Å². The van der Waals surface area contributed by atoms with Crippen LogP contribution in [0.4, 0.5) is 5.82 Å². The van der Waals surface area contributed by atoms with Crippen LogP contribution in [0.1, 0.15) is 5.56 Å². The Morgan fingerprint density at radius 3 is 2.63 bits per heavy atom. The van der Waals surface area contributed by atoms with Crippen molar-refractivity contribution < 1.29 is 24.9 Å². The zero-order valence-electron chi connectivity index (χ0n) is 15.9. The van der Waals surface area contributed by atoms with E-state index in [9.17, 15) is 20.1 Å². The molecule has 2 aromatic heterocycles. The van der Waals surface area contributed by atoms with Crippen molar-refractivity contribution in [2.45, 2.75) is 36.5 Å². The average molecular weight is 414 g/mol. The summed E-state index contributed by atoms with van der Waals surface area (Å²) in [6, 6.07) is 8.01. The Balaban J connectivity index is 1.82. The van der Waals surface area contributed by atoms with Crippen LogP contribution < -0.4 is 11.5 Å². The average Bonchev–Trinajstić information content (AvgIpc) is 3.30. The Labute approximate surface area is 170 Å². The van der Waals surface area contributed by atoms with E-state index in [2.05, 4.69) is 15.0 Å². The number of ether oxygens (including phenoxy) is 1. The largest absolute Gasteiger partial charge is 0.394 e. The molecule has 11 nitrogen and oxygen atoms in total. The van der Waals surface area contributed by atoms with Crippen molar-refractivity contribution in [1.82, 2.24) is 19.5 Å². The second-order valence-corrected chi connectivity index (χ2v) is 7.18. The smallest absolute Gasteiger partial charge is 0.238 e. The number of carbonyl (C=O) groups excluding carboxylic acids is 1. The number of ketones is 1. The fourth-order valence-corrected chi connectivity index (χ4v) is 3.79. The maximum Gasteiger partial charge on any atom is 0.238 e. The van der Waals surface area contributed by atoms with E-state index in [1.165, 1.54) is 17.2 Å². The van der Waals surface area contributed by atoms with Crippen molar-refractivity contribution >= 4 is 22.8 Å². The highest BCUT2D eigenvalue weighted by Gasteiger charge is 2.61. The highest BCUT2D eigenvalue weighted by Crippen LogP contribution is 2.39. The van der Waals surface area contributed by atoms with Crippen molar-refractivity contribution in [2.75, 3.05) is 12.3 Å². The number of aromatic nitrogens is 4. The van der Waals surface area contributed by atoms with Crippen LogP contribution in [-0.2, 0) is 21.7 Å². The molecule has 1 saturated heterocycles. The van der Waals surface area contributed by atoms with Gasteiger partial charge in [0.2, 0.25) is 11.5 Å². The SMILES string of the molecule is Nc1ncnc2c1ncn2[C@]1(C(=O)C(N)Cc2ccccc2)O[C@H](CO)[C@@H](O)[C@H]1O. The molecule has 1 fully saturated rings. The first-order valence-electron chi connectivity index (χ1n) is 9.32. The number of carbonyl (C=O) groups is 1. The second kappa shape index (κ2) is 7.70. The van der Waals surface area contributed by atoms with Gasteiger partial charge in [-0.1, -0.05) is 30.3 Å². The third-order valence-corrected chi connectivity index (χ3v) is 5.32. The van der Waals surface area contributed by atoms with Crippen LogP contribution >= 0.6 is 0 Å². The molecule has 3 heterocycles. The summed E-state index contributed by atoms with van der Waals surface area (Å²) in [6.45, 7) is -0.620. The number of fused-ring (bicyclic) bond motifs is 1. The molecule has 0 amide bonds. The molecule has 158 valence electrons. The van der Waals surface area contributed by atoms with Gasteiger partial charge in [0, 0.05) is 0 Å². The maximum atomic E-state index is 13.6. The predicted octanol–water partition coefficient (Wildman–Crippen LogP) is -1.69. The molecule has 5 atom stereocenters. The topological polar surface area (TPSA) is 183 Å². The van der Waals surface area contributed by atoms with Gasteiger partial charge in [-0.2, -0.15) is 0 Å². The first-order chi connectivity index (χ1) is 14.4. The number of aliphatic hydroxyl groups excluding tert-OH is 3. The number of rotatable bonds is 6. The van der Waals surface area contributed by atoms with Crippen molar-refractivity contribution in [3.63, 3.8) is 0 Å². The molecule has 1 aliphatic heterocycles. The summed E-state index contributed by atoms with van der Waals surface area (Å²) >= 11 is 0. The van der Waals surface area contributed by atoms with E-state index < -0.39 is 42.5 Å². The summed E-state index contributed by atoms with van der Waals surface area (Å²) in [6.07, 6.45) is -1.93. The molecule has 11 heteroatoms. The van der Waals surface area contributed by atoms with Gasteiger partial charge in [0.1, 0.15) is 36.5 Å². The number of aliphatic hydroxyl groups is 3. The molecule has 3 aromatic rings. The van der Waals surface area contributed by atoms with Gasteiger partial charge in [-0.05, 0) is 12.0 Å². The molecule has 0 spiro atoms. The van der Waals surface area contributed by atoms with E-state index in [-0.39, 0.29) is 23.4 Å². The molecule has 30 heavy (non-hydrogen) atoms. The van der Waals surface area contributed by atoms with Crippen molar-refractivity contribution in [3.05, 3.63) is 48.5 Å². The normalized spacial score (nSPS) is 27.4. The summed E-state index contributed by atoms with van der Waals surface area (Å²) in [5.74, 6) is -0.632. The van der Waals surface area contributed by atoms with E-state index in [4.69, 9.17) is 16.2 Å². The van der Waals surface area contributed by atoms with Gasteiger partial charge in [0.15, 0.2) is 11.5 Å². The Kier molecular flexibility index (Phi) is 5.22. The lowest BCUT2D eigenvalue weighted by molar-refractivity contribution is -0.175. The number of imidazole rings is 1. The minimum atomic E-state index is -2.16. The third kappa shape index (κ3) is 3.04. The standard InChI is InChI=1S/C19H22N6O5/c20-11(6-10-4-2-1-3-5-10)15(28)19(16(29)14(27)12(7-26)30-19)25-9-24-13-17(21)22-8-23-18(13)25/h1-5,8-9,11-12,14,16,26-27,29H,6-7,20H2,(H2,21,22,23)/t11?,12-,14-,16-,19-/m1/s1. The number of hydrogen-bond donors (Lipinski definition) is 5. The van der Waals surface area contributed by atoms with Gasteiger partial charge in [-0.3, -0.25) is 9.36 Å². The lowest BCUT2D eigenvalue weighted by Gasteiger charge is -2.34. The monoisotopic (exact) mass is 414 g/mol. The summed E-state index contributed by atoms with van der Waals surface area (Å²) in [4.78, 5) is 25.7. The molecular weight excluding hydrogens is 392 g/mol. The van der Waals surface area contributed by atoms with Gasteiger partial charge in [0.25, 0.3) is 0 Å². The molecule has 1 aliphatic rings. The summed E-state index contributed by atoms with van der Waals surface area (Å²) < 4.78 is 6.97. The van der Waals surface area contributed by atoms with Crippen LogP contribution in [0.5, 0.6) is 0 Å². The number of nitrogens with zero attached hydrogens (tertiary/aromatic N) is 4. The van der Waals surface area contributed by atoms with Crippen LogP contribution in [0.3, 0.4) is 0 Å². The van der Waals surface area contributed by atoms with Crippen molar-refractivity contribution in [1.29, 1.82) is 0 Å². The number of anilines is 1. The van der Waals surface area contributed by atoms with Crippen molar-refractivity contribution in [2.24, 2.45) is 5.73 Å². The summed E-state index contributed by atoms with van der Waals surface area (Å²) in [5.41, 5.74) is 11.0. The van der Waals surface area contributed by atoms with E-state index in [0.717, 1.165) is 5.56 Å². The molecule has 4 rings (SSSR count). The first-order valence-corrected chi connectivity index (χ1v) is 9.32. The number of nitrogen functional groups attached to an aromatic ring is 1. The number of hydrogen-bond acceptors (Lipinski definition) is 10. The van der Waals surface area contributed by atoms with Gasteiger partial charge < -0.3 is 31.5 Å². The summed E-state index contributed by atoms with van der Waals surface area (Å²) in [7, 11) is 0. The van der Waals surface area contributed by atoms with E-state index in [1.54, 1.807) is 0 Å².